The smallest absolute Gasteiger partial charge is 0.0490 e. The summed E-state index contributed by atoms with van der Waals surface area (Å²) in [5, 5.41) is 12.3. The molecule has 4 rings (SSSR count). The number of nitrogens with one attached hydrogen (secondary N) is 1. The summed E-state index contributed by atoms with van der Waals surface area (Å²) >= 11 is -0.375. The van der Waals surface area contributed by atoms with Crippen LogP contribution in [-0.2, 0) is 4.74 Å². The first-order chi connectivity index (χ1) is 17.7. The Balaban J connectivity index is 1.53. The Morgan fingerprint density at radius 3 is 2.62 bits per heavy atom. The minimum absolute atomic E-state index is 0.00298. The van der Waals surface area contributed by atoms with Crippen molar-refractivity contribution in [3.05, 3.63) is 65.6 Å². The molecule has 2 aromatic rings. The third-order valence-electron chi connectivity index (χ3n) is 5.48. The molecule has 2 amide bonds. The normalized spacial score (nSPS) is 16.5. The maximum atomic E-state index is 14.9. The number of amides is 2. The van der Waals surface area contributed by atoms with Crippen LogP contribution in [0.15, 0.2) is 48.7 Å². The SMILES string of the molecule is COC1CN(C(=O)c2ccc(Oc3cc(O[C@@H](C)CO)cc(C(=O)NC4=I[I-]N(C)C=C4)c3)c(F)c2)C1. The van der Waals surface area contributed by atoms with Gasteiger partial charge in [0.15, 0.2) is 0 Å². The average molecular weight is 738 g/mol. The molecular formula is C25H27FI2N3O6-. The summed E-state index contributed by atoms with van der Waals surface area (Å²) in [6, 6.07) is 8.59. The van der Waals surface area contributed by atoms with Gasteiger partial charge >= 0.3 is 186 Å². The van der Waals surface area contributed by atoms with Crippen LogP contribution in [0.25, 0.3) is 0 Å². The van der Waals surface area contributed by atoms with Crippen LogP contribution < -0.4 is 32.3 Å². The maximum absolute atomic E-state index is 14.9. The van der Waals surface area contributed by atoms with Gasteiger partial charge in [0.2, 0.25) is 0 Å². The zero-order valence-electron chi connectivity index (χ0n) is 20.4. The summed E-state index contributed by atoms with van der Waals surface area (Å²) in [6.07, 6.45) is 3.35. The summed E-state index contributed by atoms with van der Waals surface area (Å²) < 4.78 is 34.7. The first-order valence-corrected chi connectivity index (χ1v) is 19.7. The van der Waals surface area contributed by atoms with Gasteiger partial charge in [-0.05, 0) is 0 Å². The molecule has 1 fully saturated rings. The zero-order valence-corrected chi connectivity index (χ0v) is 24.7. The molecule has 0 spiro atoms. The predicted octanol–water partition coefficient (Wildman–Crippen LogP) is 0.0569. The van der Waals surface area contributed by atoms with E-state index in [-0.39, 0.29) is 81.4 Å². The van der Waals surface area contributed by atoms with E-state index in [0.29, 0.717) is 18.8 Å². The van der Waals surface area contributed by atoms with E-state index >= 15 is 0 Å². The summed E-state index contributed by atoms with van der Waals surface area (Å²) in [5.41, 5.74) is 0.486. The molecule has 1 atom stereocenters. The van der Waals surface area contributed by atoms with Crippen LogP contribution in [0.5, 0.6) is 17.2 Å². The quantitative estimate of drug-likeness (QED) is 0.278. The number of rotatable bonds is 9. The van der Waals surface area contributed by atoms with Gasteiger partial charge in [-0.1, -0.05) is 0 Å². The van der Waals surface area contributed by atoms with Gasteiger partial charge in [-0.25, -0.2) is 0 Å². The average Bonchev–Trinajstić information content (AvgIpc) is 2.85. The molecular weight excluding hydrogens is 711 g/mol. The molecule has 2 aliphatic rings. The summed E-state index contributed by atoms with van der Waals surface area (Å²) in [7, 11) is 3.61. The molecule has 2 aliphatic heterocycles. The third kappa shape index (κ3) is 7.18. The van der Waals surface area contributed by atoms with Crippen molar-refractivity contribution in [2.24, 2.45) is 0 Å². The van der Waals surface area contributed by atoms with Crippen molar-refractivity contribution in [1.82, 2.24) is 13.3 Å². The largest absolute Gasteiger partial charge is 0.0490 e. The second-order valence-corrected chi connectivity index (χ2v) is 17.0. The Labute approximate surface area is 230 Å². The van der Waals surface area contributed by atoms with Gasteiger partial charge < -0.3 is 9.64 Å². The summed E-state index contributed by atoms with van der Waals surface area (Å²) in [5.74, 6) is -0.939. The van der Waals surface area contributed by atoms with Gasteiger partial charge in [0.1, 0.15) is 0 Å². The zero-order chi connectivity index (χ0) is 26.5. The Kier molecular flexibility index (Phi) is 9.36. The Bertz CT molecular complexity index is 1230. The molecule has 0 aromatic heterocycles. The molecule has 9 nitrogen and oxygen atoms in total. The second-order valence-electron chi connectivity index (χ2n) is 8.40. The molecule has 0 aliphatic carbocycles. The van der Waals surface area contributed by atoms with E-state index in [0.717, 1.165) is 9.70 Å². The number of hydrogen-bond donors (Lipinski definition) is 2. The number of ether oxygens (including phenoxy) is 3. The monoisotopic (exact) mass is 738 g/mol. The number of nitrogens with zero attached hydrogens (tertiary/aromatic N) is 2. The van der Waals surface area contributed by atoms with Crippen molar-refractivity contribution in [3.63, 3.8) is 0 Å². The number of carbonyl (C=O) groups excluding carboxylic acids is 2. The van der Waals surface area contributed by atoms with Crippen LogP contribution in [0.3, 0.4) is 0 Å². The fourth-order valence-corrected chi connectivity index (χ4v) is 10.5. The number of benzene rings is 2. The number of hydrogen-bond acceptors (Lipinski definition) is 7. The molecule has 1 saturated heterocycles. The van der Waals surface area contributed by atoms with E-state index in [2.05, 4.69) is 8.43 Å². The standard InChI is InChI=1S/C25H27FI2N3O6/c1-15(14-32)36-18-8-17(24(33)29-23-6-7-30(2)28-27-23)9-19(11-18)37-22-5-4-16(10-21(22)26)25(34)31-12-20(13-31)35-3/h4-11,15,20,32H,12-14H2,1-3H3,(H,29,33)/q-1/t15-/m0/s1. The topological polar surface area (TPSA) is 101 Å². The van der Waals surface area contributed by atoms with Crippen LogP contribution in [0.2, 0.25) is 0 Å². The molecule has 0 bridgehead atoms. The summed E-state index contributed by atoms with van der Waals surface area (Å²) in [4.78, 5) is 27.1. The van der Waals surface area contributed by atoms with Crippen molar-refractivity contribution < 1.29 is 50.8 Å². The Morgan fingerprint density at radius 2 is 1.97 bits per heavy atom. The van der Waals surface area contributed by atoms with E-state index in [1.165, 1.54) is 24.3 Å². The van der Waals surface area contributed by atoms with Gasteiger partial charge in [0, 0.05) is 20.2 Å². The van der Waals surface area contributed by atoms with Crippen LogP contribution in [0.4, 0.5) is 4.39 Å². The fourth-order valence-electron chi connectivity index (χ4n) is 3.42. The number of aliphatic hydroxyl groups excluding tert-OH is 1. The molecule has 0 radical (unpaired) electrons. The van der Waals surface area contributed by atoms with Crippen molar-refractivity contribution in [2.75, 3.05) is 33.9 Å². The molecule has 2 N–H and O–H groups in total. The van der Waals surface area contributed by atoms with Crippen LogP contribution in [-0.4, -0.2) is 74.6 Å². The van der Waals surface area contributed by atoms with E-state index in [4.69, 9.17) is 14.2 Å². The Hall–Kier alpha value is -2.30. The van der Waals surface area contributed by atoms with Gasteiger partial charge in [0.05, 0.1) is 6.10 Å². The predicted molar refractivity (Wildman–Crippen MR) is 140 cm³/mol. The molecule has 2 aromatic carbocycles. The first-order valence-electron chi connectivity index (χ1n) is 11.4. The van der Waals surface area contributed by atoms with Crippen LogP contribution >= 0.6 is 16.8 Å². The number of halogens is 3. The number of likely N-dealkylation sites (tertiary alicyclic amines) is 1. The molecule has 12 heteroatoms. The number of carbonyl (C=O) groups is 2. The fraction of sp³-hybridized carbons (Fsp3) is 0.320. The Morgan fingerprint density at radius 1 is 1.22 bits per heavy atom. The van der Waals surface area contributed by atoms with Crippen LogP contribution in [0, 0.1) is 5.82 Å². The van der Waals surface area contributed by atoms with Crippen LogP contribution in [0.1, 0.15) is 27.6 Å². The van der Waals surface area contributed by atoms with Crippen molar-refractivity contribution >= 4 is 32.2 Å². The minimum Gasteiger partial charge on any atom is 0.0490 e. The molecule has 37 heavy (non-hydrogen) atoms. The molecule has 2 heterocycles. The second kappa shape index (κ2) is 12.5. The van der Waals surface area contributed by atoms with Gasteiger partial charge in [-0.3, -0.25) is 4.79 Å². The van der Waals surface area contributed by atoms with E-state index in [1.54, 1.807) is 25.0 Å². The van der Waals surface area contributed by atoms with E-state index in [9.17, 15) is 19.1 Å². The summed E-state index contributed by atoms with van der Waals surface area (Å²) in [6.45, 7) is 2.40. The van der Waals surface area contributed by atoms with E-state index in [1.807, 2.05) is 19.3 Å². The van der Waals surface area contributed by atoms with Gasteiger partial charge in [-0.15, -0.1) is 0 Å². The van der Waals surface area contributed by atoms with Gasteiger partial charge in [0.25, 0.3) is 5.91 Å². The molecule has 200 valence electrons. The van der Waals surface area contributed by atoms with Gasteiger partial charge in [-0.2, -0.15) is 0 Å². The number of methoxy groups -OCH3 is 1. The molecule has 0 unspecified atom stereocenters. The van der Waals surface area contributed by atoms with Crippen molar-refractivity contribution in [2.45, 2.75) is 19.1 Å². The maximum Gasteiger partial charge on any atom is 0.0490 e. The minimum atomic E-state index is -0.712. The first kappa shape index (κ1) is 27.7. The molecule has 0 saturated carbocycles. The number of aliphatic hydroxyl groups is 1. The van der Waals surface area contributed by atoms with E-state index < -0.39 is 11.9 Å². The van der Waals surface area contributed by atoms with Crippen molar-refractivity contribution in [3.8, 4) is 17.2 Å². The third-order valence-corrected chi connectivity index (χ3v) is 15.7. The van der Waals surface area contributed by atoms with Crippen molar-refractivity contribution in [1.29, 1.82) is 0 Å².